The summed E-state index contributed by atoms with van der Waals surface area (Å²) in [6, 6.07) is 18.4. The van der Waals surface area contributed by atoms with Crippen LogP contribution in [0.25, 0.3) is 11.3 Å². The minimum atomic E-state index is -0.0972. The second-order valence-electron chi connectivity index (χ2n) is 7.38. The number of anilines is 1. The summed E-state index contributed by atoms with van der Waals surface area (Å²) >= 11 is 3.25. The highest BCUT2D eigenvalue weighted by Crippen LogP contribution is 2.32. The highest BCUT2D eigenvalue weighted by molar-refractivity contribution is 7.99. The van der Waals surface area contributed by atoms with Crippen LogP contribution in [-0.4, -0.2) is 49.2 Å². The number of thiazole rings is 1. The standard InChI is InChI=1S/C24H26N4O2S2/c1-18-7-9-20(10-8-18)31-16-11-22(29)27-25-17-21-23(19-5-3-2-4-6-19)26-24(32-21)28-12-14-30-15-13-28/h2-10,17H,11-16H2,1H3,(H,27,29)/b25-17+. The number of hydrogen-bond acceptors (Lipinski definition) is 7. The number of nitrogens with one attached hydrogen (secondary N) is 1. The summed E-state index contributed by atoms with van der Waals surface area (Å²) in [5, 5.41) is 5.17. The Morgan fingerprint density at radius 1 is 1.19 bits per heavy atom. The number of aryl methyl sites for hydroxylation is 1. The number of amides is 1. The summed E-state index contributed by atoms with van der Waals surface area (Å²) in [5.41, 5.74) is 5.80. The Morgan fingerprint density at radius 2 is 1.94 bits per heavy atom. The van der Waals surface area contributed by atoms with Gasteiger partial charge < -0.3 is 9.64 Å². The monoisotopic (exact) mass is 466 g/mol. The molecule has 2 aromatic carbocycles. The van der Waals surface area contributed by atoms with Crippen molar-refractivity contribution in [2.45, 2.75) is 18.2 Å². The van der Waals surface area contributed by atoms with Crippen molar-refractivity contribution in [2.75, 3.05) is 37.0 Å². The maximum atomic E-state index is 12.2. The van der Waals surface area contributed by atoms with E-state index < -0.39 is 0 Å². The summed E-state index contributed by atoms with van der Waals surface area (Å²) in [4.78, 5) is 21.4. The fourth-order valence-corrected chi connectivity index (χ4v) is 5.08. The molecule has 2 heterocycles. The predicted molar refractivity (Wildman–Crippen MR) is 133 cm³/mol. The number of ether oxygens (including phenoxy) is 1. The molecule has 1 aromatic heterocycles. The van der Waals surface area contributed by atoms with E-state index >= 15 is 0 Å². The molecule has 1 amide bonds. The third-order valence-electron chi connectivity index (χ3n) is 4.96. The SMILES string of the molecule is Cc1ccc(SCCC(=O)N/N=C/c2sc(N3CCOCC3)nc2-c2ccccc2)cc1. The van der Waals surface area contributed by atoms with E-state index in [0.29, 0.717) is 25.4 Å². The Morgan fingerprint density at radius 3 is 2.69 bits per heavy atom. The molecule has 1 aliphatic heterocycles. The van der Waals surface area contributed by atoms with Crippen LogP contribution in [0.15, 0.2) is 64.6 Å². The molecule has 4 rings (SSSR count). The zero-order valence-corrected chi connectivity index (χ0v) is 19.6. The average Bonchev–Trinajstić information content (AvgIpc) is 3.26. The zero-order chi connectivity index (χ0) is 22.2. The lowest BCUT2D eigenvalue weighted by Gasteiger charge is -2.26. The second kappa shape index (κ2) is 11.3. The first kappa shape index (κ1) is 22.5. The number of nitrogens with zero attached hydrogens (tertiary/aromatic N) is 3. The second-order valence-corrected chi connectivity index (χ2v) is 9.56. The van der Waals surface area contributed by atoms with Gasteiger partial charge >= 0.3 is 0 Å². The normalized spacial score (nSPS) is 14.1. The molecule has 1 aliphatic rings. The van der Waals surface area contributed by atoms with Gasteiger partial charge in [-0.3, -0.25) is 4.79 Å². The maximum absolute atomic E-state index is 12.2. The summed E-state index contributed by atoms with van der Waals surface area (Å²) in [6.07, 6.45) is 2.11. The van der Waals surface area contributed by atoms with Crippen LogP contribution in [0.5, 0.6) is 0 Å². The highest BCUT2D eigenvalue weighted by Gasteiger charge is 2.18. The van der Waals surface area contributed by atoms with Gasteiger partial charge in [-0.05, 0) is 19.1 Å². The third kappa shape index (κ3) is 6.18. The summed E-state index contributed by atoms with van der Waals surface area (Å²) in [7, 11) is 0. The minimum absolute atomic E-state index is 0.0972. The molecule has 3 aromatic rings. The molecule has 0 spiro atoms. The molecule has 166 valence electrons. The lowest BCUT2D eigenvalue weighted by Crippen LogP contribution is -2.36. The van der Waals surface area contributed by atoms with Gasteiger partial charge in [-0.2, -0.15) is 5.10 Å². The van der Waals surface area contributed by atoms with Crippen molar-refractivity contribution in [3.63, 3.8) is 0 Å². The van der Waals surface area contributed by atoms with Crippen LogP contribution in [-0.2, 0) is 9.53 Å². The van der Waals surface area contributed by atoms with E-state index in [1.807, 2.05) is 30.3 Å². The smallest absolute Gasteiger partial charge is 0.240 e. The number of benzene rings is 2. The van der Waals surface area contributed by atoms with Crippen molar-refractivity contribution < 1.29 is 9.53 Å². The molecule has 0 aliphatic carbocycles. The summed E-state index contributed by atoms with van der Waals surface area (Å²) in [6.45, 7) is 5.14. The predicted octanol–water partition coefficient (Wildman–Crippen LogP) is 4.59. The molecule has 32 heavy (non-hydrogen) atoms. The average molecular weight is 467 g/mol. The van der Waals surface area contributed by atoms with Gasteiger partial charge in [-0.15, -0.1) is 11.8 Å². The van der Waals surface area contributed by atoms with Gasteiger partial charge in [0.05, 0.1) is 30.0 Å². The Bertz CT molecular complexity index is 1050. The topological polar surface area (TPSA) is 66.8 Å². The number of hydrazone groups is 1. The quantitative estimate of drug-likeness (QED) is 0.299. The van der Waals surface area contributed by atoms with E-state index in [0.717, 1.165) is 34.4 Å². The van der Waals surface area contributed by atoms with E-state index in [9.17, 15) is 4.79 Å². The number of aromatic nitrogens is 1. The number of thioether (sulfide) groups is 1. The molecule has 1 N–H and O–H groups in total. The molecule has 0 radical (unpaired) electrons. The molecule has 1 fully saturated rings. The van der Waals surface area contributed by atoms with Gasteiger partial charge in [0, 0.05) is 35.7 Å². The molecular formula is C24H26N4O2S2. The highest BCUT2D eigenvalue weighted by atomic mass is 32.2. The molecular weight excluding hydrogens is 440 g/mol. The Hall–Kier alpha value is -2.68. The van der Waals surface area contributed by atoms with Crippen molar-refractivity contribution in [1.29, 1.82) is 0 Å². The van der Waals surface area contributed by atoms with Crippen LogP contribution in [0.4, 0.5) is 5.13 Å². The maximum Gasteiger partial charge on any atom is 0.240 e. The molecule has 6 nitrogen and oxygen atoms in total. The van der Waals surface area contributed by atoms with E-state index in [1.165, 1.54) is 10.5 Å². The summed E-state index contributed by atoms with van der Waals surface area (Å²) in [5.74, 6) is 0.613. The van der Waals surface area contributed by atoms with Gasteiger partial charge in [0.25, 0.3) is 0 Å². The fourth-order valence-electron chi connectivity index (χ4n) is 3.22. The Balaban J connectivity index is 1.38. The van der Waals surface area contributed by atoms with Gasteiger partial charge in [0.15, 0.2) is 5.13 Å². The van der Waals surface area contributed by atoms with Crippen molar-refractivity contribution in [3.05, 3.63) is 65.0 Å². The molecule has 0 saturated carbocycles. The summed E-state index contributed by atoms with van der Waals surface area (Å²) < 4.78 is 5.46. The first-order chi connectivity index (χ1) is 15.7. The number of hydrogen-bond donors (Lipinski definition) is 1. The number of morpholine rings is 1. The molecule has 8 heteroatoms. The fraction of sp³-hybridized carbons (Fsp3) is 0.292. The Kier molecular flexibility index (Phi) is 7.92. The van der Waals surface area contributed by atoms with Crippen LogP contribution < -0.4 is 10.3 Å². The lowest BCUT2D eigenvalue weighted by molar-refractivity contribution is -0.120. The molecule has 0 bridgehead atoms. The van der Waals surface area contributed by atoms with E-state index in [4.69, 9.17) is 9.72 Å². The number of carbonyl (C=O) groups is 1. The van der Waals surface area contributed by atoms with Crippen LogP contribution in [0, 0.1) is 6.92 Å². The van der Waals surface area contributed by atoms with E-state index in [2.05, 4.69) is 46.6 Å². The van der Waals surface area contributed by atoms with Crippen LogP contribution in [0.3, 0.4) is 0 Å². The van der Waals surface area contributed by atoms with Crippen molar-refractivity contribution in [3.8, 4) is 11.3 Å². The van der Waals surface area contributed by atoms with E-state index in [1.54, 1.807) is 29.3 Å². The van der Waals surface area contributed by atoms with Crippen LogP contribution in [0.2, 0.25) is 0 Å². The van der Waals surface area contributed by atoms with Crippen LogP contribution in [0.1, 0.15) is 16.9 Å². The Labute approximate surface area is 196 Å². The zero-order valence-electron chi connectivity index (χ0n) is 18.0. The minimum Gasteiger partial charge on any atom is -0.378 e. The lowest BCUT2D eigenvalue weighted by atomic mass is 10.1. The van der Waals surface area contributed by atoms with Gasteiger partial charge in [-0.25, -0.2) is 10.4 Å². The van der Waals surface area contributed by atoms with Crippen LogP contribution >= 0.6 is 23.1 Å². The van der Waals surface area contributed by atoms with Gasteiger partial charge in [0.2, 0.25) is 5.91 Å². The van der Waals surface area contributed by atoms with Gasteiger partial charge in [0.1, 0.15) is 0 Å². The van der Waals surface area contributed by atoms with Crippen molar-refractivity contribution in [2.24, 2.45) is 5.10 Å². The van der Waals surface area contributed by atoms with Crippen molar-refractivity contribution in [1.82, 2.24) is 10.4 Å². The first-order valence-electron chi connectivity index (χ1n) is 10.6. The first-order valence-corrected chi connectivity index (χ1v) is 12.4. The number of carbonyl (C=O) groups excluding carboxylic acids is 1. The largest absolute Gasteiger partial charge is 0.378 e. The molecule has 1 saturated heterocycles. The van der Waals surface area contributed by atoms with Gasteiger partial charge in [-0.1, -0.05) is 59.4 Å². The molecule has 0 atom stereocenters. The number of rotatable bonds is 8. The third-order valence-corrected chi connectivity index (χ3v) is 7.03. The van der Waals surface area contributed by atoms with E-state index in [-0.39, 0.29) is 5.91 Å². The molecule has 0 unspecified atom stereocenters. The van der Waals surface area contributed by atoms with Crippen molar-refractivity contribution >= 4 is 40.4 Å².